The number of carbonyl (C=O) groups is 2. The van der Waals surface area contributed by atoms with E-state index in [0.717, 1.165) is 40.1 Å². The fourth-order valence-electron chi connectivity index (χ4n) is 7.26. The van der Waals surface area contributed by atoms with E-state index in [1.165, 1.54) is 11.3 Å². The second-order valence-electron chi connectivity index (χ2n) is 11.8. The zero-order valence-corrected chi connectivity index (χ0v) is 24.2. The molecule has 0 saturated carbocycles. The summed E-state index contributed by atoms with van der Waals surface area (Å²) in [4.78, 5) is 35.6. The number of hydrogen-bond donors (Lipinski definition) is 1. The van der Waals surface area contributed by atoms with Crippen molar-refractivity contribution in [3.8, 4) is 6.07 Å². The molecule has 3 aromatic carbocycles. The average molecular weight is 574 g/mol. The van der Waals surface area contributed by atoms with Gasteiger partial charge in [0.25, 0.3) is 0 Å². The maximum absolute atomic E-state index is 14.1. The zero-order valence-electron chi connectivity index (χ0n) is 23.4. The van der Waals surface area contributed by atoms with Gasteiger partial charge in [0.2, 0.25) is 11.8 Å². The van der Waals surface area contributed by atoms with Gasteiger partial charge in [0.1, 0.15) is 5.41 Å². The topological polar surface area (TPSA) is 89.3 Å². The summed E-state index contributed by atoms with van der Waals surface area (Å²) in [6.45, 7) is 4.95. The van der Waals surface area contributed by atoms with Crippen molar-refractivity contribution in [2.45, 2.75) is 37.8 Å². The van der Waals surface area contributed by atoms with Crippen LogP contribution in [0.2, 0.25) is 0 Å². The molecule has 4 aliphatic rings. The molecule has 1 saturated heterocycles. The fourth-order valence-corrected chi connectivity index (χ4v) is 7.95. The molecule has 1 fully saturated rings. The van der Waals surface area contributed by atoms with Crippen molar-refractivity contribution in [1.29, 1.82) is 5.26 Å². The van der Waals surface area contributed by atoms with Crippen molar-refractivity contribution >= 4 is 28.3 Å². The Morgan fingerprint density at radius 2 is 1.67 bits per heavy atom. The first-order valence-corrected chi connectivity index (χ1v) is 15.2. The Hall–Kier alpha value is -4.32. The maximum Gasteiger partial charge on any atom is 0.237 e. The first-order valence-electron chi connectivity index (χ1n) is 14.3. The number of nitriles is 1. The minimum absolute atomic E-state index is 0.112. The van der Waals surface area contributed by atoms with Crippen molar-refractivity contribution < 1.29 is 9.59 Å². The second kappa shape index (κ2) is 10.2. The van der Waals surface area contributed by atoms with Crippen LogP contribution in [0, 0.1) is 16.7 Å². The number of anilines is 1. The number of carbonyl (C=O) groups excluding carboxylic acids is 2. The lowest BCUT2D eigenvalue weighted by atomic mass is 9.47. The molecular formula is C34H31N5O2S. The van der Waals surface area contributed by atoms with E-state index in [9.17, 15) is 14.9 Å². The third kappa shape index (κ3) is 4.23. The van der Waals surface area contributed by atoms with Crippen LogP contribution in [0.15, 0.2) is 84.2 Å². The van der Waals surface area contributed by atoms with Gasteiger partial charge in [-0.15, -0.1) is 11.3 Å². The molecule has 7 nitrogen and oxygen atoms in total. The van der Waals surface area contributed by atoms with Crippen LogP contribution in [0.25, 0.3) is 0 Å². The van der Waals surface area contributed by atoms with Crippen LogP contribution in [-0.2, 0) is 28.1 Å². The van der Waals surface area contributed by atoms with E-state index in [1.54, 1.807) is 0 Å². The lowest BCUT2D eigenvalue weighted by Gasteiger charge is -2.54. The number of benzene rings is 3. The van der Waals surface area contributed by atoms with E-state index in [1.807, 2.05) is 83.9 Å². The Morgan fingerprint density at radius 3 is 2.33 bits per heavy atom. The van der Waals surface area contributed by atoms with Gasteiger partial charge >= 0.3 is 0 Å². The molecule has 1 atom stereocenters. The number of thiazole rings is 1. The van der Waals surface area contributed by atoms with Crippen LogP contribution in [0.5, 0.6) is 0 Å². The summed E-state index contributed by atoms with van der Waals surface area (Å²) in [5.74, 6) is -0.166. The van der Waals surface area contributed by atoms with Crippen molar-refractivity contribution in [3.05, 3.63) is 118 Å². The molecule has 42 heavy (non-hydrogen) atoms. The highest BCUT2D eigenvalue weighted by Gasteiger charge is 2.61. The Balaban J connectivity index is 1.06. The van der Waals surface area contributed by atoms with Crippen molar-refractivity contribution in [1.82, 2.24) is 14.8 Å². The summed E-state index contributed by atoms with van der Waals surface area (Å²) in [6.07, 6.45) is 0.411. The Kier molecular flexibility index (Phi) is 6.45. The predicted molar refractivity (Wildman–Crippen MR) is 162 cm³/mol. The first-order chi connectivity index (χ1) is 20.4. The highest BCUT2D eigenvalue weighted by atomic mass is 32.1. The van der Waals surface area contributed by atoms with Gasteiger partial charge in [-0.1, -0.05) is 78.9 Å². The molecule has 0 spiro atoms. The van der Waals surface area contributed by atoms with Gasteiger partial charge in [-0.2, -0.15) is 5.26 Å². The van der Waals surface area contributed by atoms with E-state index < -0.39 is 10.8 Å². The maximum atomic E-state index is 14.1. The van der Waals surface area contributed by atoms with Gasteiger partial charge < -0.3 is 10.2 Å². The Bertz CT molecular complexity index is 1680. The third-order valence-electron chi connectivity index (χ3n) is 9.21. The van der Waals surface area contributed by atoms with E-state index in [-0.39, 0.29) is 17.7 Å². The summed E-state index contributed by atoms with van der Waals surface area (Å²) in [5.41, 5.74) is 4.39. The summed E-state index contributed by atoms with van der Waals surface area (Å²) in [5, 5.41) is 16.2. The van der Waals surface area contributed by atoms with Gasteiger partial charge in [-0.25, -0.2) is 4.98 Å². The summed E-state index contributed by atoms with van der Waals surface area (Å²) in [6, 6.07) is 28.8. The smallest absolute Gasteiger partial charge is 0.237 e. The lowest BCUT2D eigenvalue weighted by molar-refractivity contribution is -0.136. The molecule has 3 aliphatic carbocycles. The minimum Gasteiger partial charge on any atom is -0.336 e. The largest absolute Gasteiger partial charge is 0.336 e. The van der Waals surface area contributed by atoms with Gasteiger partial charge in [0.05, 0.1) is 23.7 Å². The van der Waals surface area contributed by atoms with Crippen molar-refractivity contribution in [3.63, 3.8) is 0 Å². The first kappa shape index (κ1) is 26.6. The molecule has 8 rings (SSSR count). The average Bonchev–Trinajstić information content (AvgIpc) is 3.45. The number of rotatable bonds is 6. The quantitative estimate of drug-likeness (QED) is 0.339. The van der Waals surface area contributed by atoms with Crippen LogP contribution in [0.4, 0.5) is 5.13 Å². The van der Waals surface area contributed by atoms with Gasteiger partial charge in [0, 0.05) is 37.5 Å². The molecule has 2 bridgehead atoms. The molecule has 210 valence electrons. The van der Waals surface area contributed by atoms with E-state index in [4.69, 9.17) is 4.98 Å². The van der Waals surface area contributed by atoms with Crippen LogP contribution in [-0.4, -0.2) is 46.2 Å². The number of fused-ring (bicyclic) bond motifs is 1. The fraction of sp³-hybridized carbons (Fsp3) is 0.294. The van der Waals surface area contributed by atoms with Crippen LogP contribution >= 0.6 is 11.3 Å². The molecule has 1 N–H and O–H groups in total. The van der Waals surface area contributed by atoms with E-state index >= 15 is 0 Å². The zero-order chi connectivity index (χ0) is 28.9. The molecule has 8 heteroatoms. The molecule has 4 aromatic rings. The minimum atomic E-state index is -0.878. The van der Waals surface area contributed by atoms with Gasteiger partial charge in [0.15, 0.2) is 5.13 Å². The number of nitrogens with zero attached hydrogens (tertiary/aromatic N) is 4. The standard InChI is InChI=1S/C34H31N5O2S/c1-33(21-34(22-35)27-13-7-5-11-25(27)30(33)26-12-6-8-14-28(26)34)31(41)37-32-36-24(20-42-32)18-38-15-16-39(29(40)19-38)17-23-9-3-2-4-10-23/h2-14,20,30H,15-19,21H2,1H3,(H,36,37,41). The van der Waals surface area contributed by atoms with Crippen LogP contribution in [0.3, 0.4) is 0 Å². The number of nitrogens with one attached hydrogen (secondary N) is 1. The third-order valence-corrected chi connectivity index (χ3v) is 10.0. The number of hydrogen-bond acceptors (Lipinski definition) is 6. The second-order valence-corrected chi connectivity index (χ2v) is 12.7. The van der Waals surface area contributed by atoms with Gasteiger partial charge in [-0.05, 0) is 41.2 Å². The van der Waals surface area contributed by atoms with Gasteiger partial charge in [-0.3, -0.25) is 14.5 Å². The molecule has 2 amide bonds. The summed E-state index contributed by atoms with van der Waals surface area (Å²) >= 11 is 1.40. The highest BCUT2D eigenvalue weighted by molar-refractivity contribution is 7.13. The van der Waals surface area contributed by atoms with Crippen molar-refractivity contribution in [2.75, 3.05) is 25.0 Å². The lowest BCUT2D eigenvalue weighted by Crippen LogP contribution is -2.53. The number of aromatic nitrogens is 1. The van der Waals surface area contributed by atoms with Crippen molar-refractivity contribution in [2.24, 2.45) is 5.41 Å². The molecule has 1 aromatic heterocycles. The SMILES string of the molecule is CC1(C(=O)Nc2nc(CN3CCN(Cc4ccccc4)C(=O)C3)cs2)CC2(C#N)c3ccccc3C1c1ccccc12. The Morgan fingerprint density at radius 1 is 1.00 bits per heavy atom. The van der Waals surface area contributed by atoms with E-state index in [0.29, 0.717) is 37.7 Å². The highest BCUT2D eigenvalue weighted by Crippen LogP contribution is 2.63. The summed E-state index contributed by atoms with van der Waals surface area (Å²) in [7, 11) is 0. The number of piperazine rings is 1. The molecule has 2 heterocycles. The molecule has 1 unspecified atom stereocenters. The van der Waals surface area contributed by atoms with Crippen LogP contribution in [0.1, 0.15) is 52.8 Å². The predicted octanol–water partition coefficient (Wildman–Crippen LogP) is 5.29. The molecular weight excluding hydrogens is 542 g/mol. The normalized spacial score (nSPS) is 24.5. The number of amides is 2. The van der Waals surface area contributed by atoms with E-state index in [2.05, 4.69) is 28.4 Å². The Labute approximate surface area is 249 Å². The molecule has 1 aliphatic heterocycles. The summed E-state index contributed by atoms with van der Waals surface area (Å²) < 4.78 is 0. The van der Waals surface area contributed by atoms with Crippen LogP contribution < -0.4 is 5.32 Å². The molecule has 0 radical (unpaired) electrons. The monoisotopic (exact) mass is 573 g/mol.